The minimum absolute atomic E-state index is 1.10. The fourth-order valence-electron chi connectivity index (χ4n) is 4.80. The summed E-state index contributed by atoms with van der Waals surface area (Å²) in [6.07, 6.45) is 6.69. The van der Waals surface area contributed by atoms with Crippen molar-refractivity contribution >= 4 is 17.2 Å². The van der Waals surface area contributed by atoms with E-state index in [2.05, 4.69) is 157 Å². The Hall–Kier alpha value is -4.90. The molecule has 0 fully saturated rings. The summed E-state index contributed by atoms with van der Waals surface area (Å²) in [5.41, 5.74) is 15.4. The Morgan fingerprint density at radius 3 is 1.62 bits per heavy atom. The summed E-state index contributed by atoms with van der Waals surface area (Å²) in [5, 5.41) is 0. The van der Waals surface area contributed by atoms with Crippen LogP contribution in [0.1, 0.15) is 16.7 Å². The summed E-state index contributed by atoms with van der Waals surface area (Å²) in [7, 11) is 0. The van der Waals surface area contributed by atoms with E-state index in [1.54, 1.807) is 0 Å². The van der Waals surface area contributed by atoms with Gasteiger partial charge in [-0.3, -0.25) is 0 Å². The van der Waals surface area contributed by atoms with Gasteiger partial charge in [-0.1, -0.05) is 133 Å². The maximum atomic E-state index is 3.55. The second-order valence-electron chi connectivity index (χ2n) is 9.13. The molecule has 5 aromatic rings. The normalized spacial score (nSPS) is 13.8. The molecular formula is C37H26. The van der Waals surface area contributed by atoms with Gasteiger partial charge in [0.1, 0.15) is 0 Å². The van der Waals surface area contributed by atoms with E-state index in [0.717, 1.165) is 11.1 Å². The van der Waals surface area contributed by atoms with Crippen LogP contribution in [0.3, 0.4) is 0 Å². The summed E-state index contributed by atoms with van der Waals surface area (Å²) in [6.45, 7) is 0. The molecule has 0 aliphatic heterocycles. The molecule has 1 aliphatic rings. The molecule has 0 nitrogen and oxygen atoms in total. The zero-order valence-electron chi connectivity index (χ0n) is 20.5. The van der Waals surface area contributed by atoms with E-state index >= 15 is 0 Å². The van der Waals surface area contributed by atoms with Crippen LogP contribution in [0.25, 0.3) is 39.5 Å². The van der Waals surface area contributed by atoms with E-state index in [0.29, 0.717) is 0 Å². The van der Waals surface area contributed by atoms with Gasteiger partial charge >= 0.3 is 0 Å². The first-order chi connectivity index (χ1) is 18.3. The molecule has 5 aromatic carbocycles. The molecule has 1 aliphatic carbocycles. The molecule has 0 amide bonds. The largest absolute Gasteiger partial charge is 0.112 e. The highest BCUT2D eigenvalue weighted by molar-refractivity contribution is 5.98. The van der Waals surface area contributed by atoms with E-state index in [-0.39, 0.29) is 0 Å². The van der Waals surface area contributed by atoms with Crippen molar-refractivity contribution < 1.29 is 0 Å². The third-order valence-corrected chi connectivity index (χ3v) is 6.71. The van der Waals surface area contributed by atoms with Gasteiger partial charge in [-0.05, 0) is 74.4 Å². The Labute approximate surface area is 218 Å². The molecule has 0 aromatic heterocycles. The summed E-state index contributed by atoms with van der Waals surface area (Å²) < 4.78 is 0. The lowest BCUT2D eigenvalue weighted by Gasteiger charge is -2.16. The number of benzene rings is 5. The van der Waals surface area contributed by atoms with Gasteiger partial charge in [-0.2, -0.15) is 0 Å². The Balaban J connectivity index is 1.52. The maximum absolute atomic E-state index is 3.55. The van der Waals surface area contributed by atoms with E-state index in [9.17, 15) is 0 Å². The highest BCUT2D eigenvalue weighted by Crippen LogP contribution is 2.36. The summed E-state index contributed by atoms with van der Waals surface area (Å²) in [5.74, 6) is 0. The van der Waals surface area contributed by atoms with Gasteiger partial charge in [-0.25, -0.2) is 0 Å². The van der Waals surface area contributed by atoms with Crippen molar-refractivity contribution in [1.82, 2.24) is 0 Å². The van der Waals surface area contributed by atoms with E-state index in [4.69, 9.17) is 0 Å². The molecule has 174 valence electrons. The molecule has 0 heterocycles. The van der Waals surface area contributed by atoms with Gasteiger partial charge in [0, 0.05) is 5.57 Å². The fourth-order valence-corrected chi connectivity index (χ4v) is 4.80. The topological polar surface area (TPSA) is 0 Å². The van der Waals surface area contributed by atoms with E-state index in [1.165, 1.54) is 44.5 Å². The quantitative estimate of drug-likeness (QED) is 0.224. The molecule has 0 atom stereocenters. The summed E-state index contributed by atoms with van der Waals surface area (Å²) in [4.78, 5) is 0. The lowest BCUT2D eigenvalue weighted by Crippen LogP contribution is -1.94. The van der Waals surface area contributed by atoms with Crippen molar-refractivity contribution in [3.8, 4) is 22.3 Å². The van der Waals surface area contributed by atoms with Crippen LogP contribution in [0.4, 0.5) is 0 Å². The van der Waals surface area contributed by atoms with Gasteiger partial charge in [0.25, 0.3) is 0 Å². The second kappa shape index (κ2) is 10.4. The molecular weight excluding hydrogens is 444 g/mol. The monoisotopic (exact) mass is 470 g/mol. The predicted molar refractivity (Wildman–Crippen MR) is 158 cm³/mol. The molecule has 6 rings (SSSR count). The van der Waals surface area contributed by atoms with E-state index in [1.807, 2.05) is 6.07 Å². The van der Waals surface area contributed by atoms with Gasteiger partial charge < -0.3 is 0 Å². The highest BCUT2D eigenvalue weighted by atomic mass is 14.2. The molecule has 0 saturated carbocycles. The smallest absolute Gasteiger partial charge is 0.0243 e. The van der Waals surface area contributed by atoms with Gasteiger partial charge in [-0.15, -0.1) is 5.73 Å². The van der Waals surface area contributed by atoms with Crippen molar-refractivity contribution in [2.24, 2.45) is 0 Å². The molecule has 37 heavy (non-hydrogen) atoms. The minimum Gasteiger partial charge on any atom is -0.112 e. The van der Waals surface area contributed by atoms with Crippen molar-refractivity contribution in [3.63, 3.8) is 0 Å². The molecule has 0 bridgehead atoms. The van der Waals surface area contributed by atoms with Crippen LogP contribution in [0.2, 0.25) is 0 Å². The highest BCUT2D eigenvalue weighted by Gasteiger charge is 2.14. The minimum atomic E-state index is 1.10. The van der Waals surface area contributed by atoms with Crippen molar-refractivity contribution in [2.75, 3.05) is 0 Å². The average molecular weight is 471 g/mol. The first-order valence-corrected chi connectivity index (χ1v) is 12.6. The van der Waals surface area contributed by atoms with Gasteiger partial charge in [0.05, 0.1) is 0 Å². The Bertz CT molecular complexity index is 1650. The predicted octanol–water partition coefficient (Wildman–Crippen LogP) is 9.74. The van der Waals surface area contributed by atoms with Crippen molar-refractivity contribution in [3.05, 3.63) is 180 Å². The standard InChI is InChI=1S/C37H26/c1-5-13-28(14-6-1)32-21-23-34(36(26-32)30-17-9-3-10-18-30)25-35-24-22-33(29-15-7-2-8-16-29)27-37(35)31-19-11-4-12-20-31/h1-21,23-27H/b35-25+. The Kier molecular flexibility index (Phi) is 6.33. The fraction of sp³-hybridized carbons (Fsp3) is 0. The number of hydrogen-bond donors (Lipinski definition) is 0. The van der Waals surface area contributed by atoms with Crippen LogP contribution < -0.4 is 0 Å². The lowest BCUT2D eigenvalue weighted by molar-refractivity contribution is 1.54. The van der Waals surface area contributed by atoms with Crippen LogP contribution in [-0.2, 0) is 0 Å². The van der Waals surface area contributed by atoms with Crippen molar-refractivity contribution in [2.45, 2.75) is 0 Å². The Morgan fingerprint density at radius 2 is 1.00 bits per heavy atom. The van der Waals surface area contributed by atoms with Crippen LogP contribution in [0.5, 0.6) is 0 Å². The Morgan fingerprint density at radius 1 is 0.459 bits per heavy atom. The molecule has 0 spiro atoms. The lowest BCUT2D eigenvalue weighted by atomic mass is 9.87. The summed E-state index contributed by atoms with van der Waals surface area (Å²) >= 11 is 0. The van der Waals surface area contributed by atoms with Crippen LogP contribution in [-0.4, -0.2) is 0 Å². The SMILES string of the molecule is C1=C/C(=C\c2ccc(-c3ccccc3)cc2-c2ccccc2)C(c2ccccc2)=CC=1c1ccccc1. The second-order valence-corrected chi connectivity index (χ2v) is 9.13. The third kappa shape index (κ3) is 4.93. The molecule has 0 heteroatoms. The zero-order chi connectivity index (χ0) is 24.9. The first-order valence-electron chi connectivity index (χ1n) is 12.6. The summed E-state index contributed by atoms with van der Waals surface area (Å²) in [6, 6.07) is 49.1. The van der Waals surface area contributed by atoms with Crippen molar-refractivity contribution in [1.29, 1.82) is 0 Å². The van der Waals surface area contributed by atoms with Crippen LogP contribution in [0.15, 0.2) is 163 Å². The third-order valence-electron chi connectivity index (χ3n) is 6.71. The van der Waals surface area contributed by atoms with Gasteiger partial charge in [0.2, 0.25) is 0 Å². The molecule has 0 unspecified atom stereocenters. The van der Waals surface area contributed by atoms with Crippen LogP contribution in [0, 0.1) is 0 Å². The molecule has 0 N–H and O–H groups in total. The van der Waals surface area contributed by atoms with E-state index < -0.39 is 0 Å². The van der Waals surface area contributed by atoms with Crippen LogP contribution >= 0.6 is 0 Å². The number of hydrogen-bond acceptors (Lipinski definition) is 0. The average Bonchev–Trinajstić information content (AvgIpc) is 2.99. The van der Waals surface area contributed by atoms with Gasteiger partial charge in [0.15, 0.2) is 0 Å². The molecule has 0 radical (unpaired) electrons. The number of allylic oxidation sites excluding steroid dienone is 4. The zero-order valence-corrected chi connectivity index (χ0v) is 20.5. The maximum Gasteiger partial charge on any atom is 0.0243 e. The molecule has 0 saturated heterocycles. The number of rotatable bonds is 5. The first kappa shape index (κ1) is 22.6.